The van der Waals surface area contributed by atoms with Crippen molar-refractivity contribution in [2.75, 3.05) is 5.73 Å². The lowest BCUT2D eigenvalue weighted by Crippen LogP contribution is -1.94. The molecule has 1 aromatic carbocycles. The second-order valence-electron chi connectivity index (χ2n) is 5.21. The Morgan fingerprint density at radius 1 is 1.14 bits per heavy atom. The highest BCUT2D eigenvalue weighted by molar-refractivity contribution is 5.99. The third-order valence-electron chi connectivity index (χ3n) is 3.64. The van der Waals surface area contributed by atoms with Gasteiger partial charge in [-0.2, -0.15) is 5.10 Å². The molecule has 0 bridgehead atoms. The van der Waals surface area contributed by atoms with E-state index in [4.69, 9.17) is 5.73 Å². The van der Waals surface area contributed by atoms with Crippen molar-refractivity contribution in [2.24, 2.45) is 0 Å². The molecule has 0 saturated carbocycles. The molecule has 0 amide bonds. The van der Waals surface area contributed by atoms with Gasteiger partial charge >= 0.3 is 0 Å². The predicted molar refractivity (Wildman–Crippen MR) is 82.8 cm³/mol. The van der Waals surface area contributed by atoms with Crippen molar-refractivity contribution < 1.29 is 4.39 Å². The summed E-state index contributed by atoms with van der Waals surface area (Å²) in [6.07, 6.45) is 7.09. The van der Waals surface area contributed by atoms with Crippen molar-refractivity contribution in [3.8, 4) is 11.1 Å². The van der Waals surface area contributed by atoms with Crippen molar-refractivity contribution in [3.63, 3.8) is 0 Å². The van der Waals surface area contributed by atoms with Gasteiger partial charge in [0.15, 0.2) is 5.65 Å². The van der Waals surface area contributed by atoms with Crippen LogP contribution in [0.2, 0.25) is 0 Å². The predicted octanol–water partition coefficient (Wildman–Crippen LogP) is 2.97. The third kappa shape index (κ3) is 1.81. The zero-order chi connectivity index (χ0) is 15.3. The van der Waals surface area contributed by atoms with Gasteiger partial charge in [0, 0.05) is 35.6 Å². The summed E-state index contributed by atoms with van der Waals surface area (Å²) >= 11 is 0. The van der Waals surface area contributed by atoms with E-state index in [9.17, 15) is 4.39 Å². The first-order valence-corrected chi connectivity index (χ1v) is 6.77. The summed E-state index contributed by atoms with van der Waals surface area (Å²) in [4.78, 5) is 8.64. The van der Waals surface area contributed by atoms with Crippen LogP contribution >= 0.6 is 0 Å². The number of nitrogen functional groups attached to an aromatic ring is 1. The first-order valence-electron chi connectivity index (χ1n) is 6.77. The van der Waals surface area contributed by atoms with Crippen LogP contribution in [0.5, 0.6) is 0 Å². The maximum absolute atomic E-state index is 13.6. The Balaban J connectivity index is 2.06. The first kappa shape index (κ1) is 12.7. The van der Waals surface area contributed by atoms with Gasteiger partial charge < -0.3 is 5.73 Å². The number of benzene rings is 1. The highest BCUT2D eigenvalue weighted by Gasteiger charge is 2.13. The molecule has 0 atom stereocenters. The average Bonchev–Trinajstić information content (AvgIpc) is 2.90. The molecule has 2 N–H and O–H groups in total. The second kappa shape index (κ2) is 4.49. The number of nitrogens with zero attached hydrogens (tertiary/aromatic N) is 4. The Morgan fingerprint density at radius 2 is 2.00 bits per heavy atom. The Kier molecular flexibility index (Phi) is 2.59. The van der Waals surface area contributed by atoms with Crippen molar-refractivity contribution in [3.05, 3.63) is 54.4 Å². The summed E-state index contributed by atoms with van der Waals surface area (Å²) in [5, 5.41) is 5.11. The first-order chi connectivity index (χ1) is 10.6. The smallest absolute Gasteiger partial charge is 0.162 e. The SMILES string of the molecule is Cc1cnc2c(-c3ccnc4cc(F)c(N)cc34)cnn2c1. The molecule has 6 heteroatoms. The topological polar surface area (TPSA) is 69.1 Å². The Morgan fingerprint density at radius 3 is 2.86 bits per heavy atom. The van der Waals surface area contributed by atoms with E-state index in [1.54, 1.807) is 29.2 Å². The molecule has 3 heterocycles. The molecule has 0 saturated heterocycles. The fourth-order valence-electron chi connectivity index (χ4n) is 2.58. The van der Waals surface area contributed by atoms with E-state index in [-0.39, 0.29) is 5.69 Å². The Hall–Kier alpha value is -3.02. The number of rotatable bonds is 1. The number of aromatic nitrogens is 4. The van der Waals surface area contributed by atoms with Crippen molar-refractivity contribution >= 4 is 22.2 Å². The van der Waals surface area contributed by atoms with E-state index in [0.717, 1.165) is 27.7 Å². The number of pyridine rings is 1. The van der Waals surface area contributed by atoms with E-state index in [1.165, 1.54) is 6.07 Å². The third-order valence-corrected chi connectivity index (χ3v) is 3.64. The molecular formula is C16H12FN5. The van der Waals surface area contributed by atoms with Crippen LogP contribution in [0.15, 0.2) is 43.0 Å². The van der Waals surface area contributed by atoms with Gasteiger partial charge in [0.1, 0.15) is 5.82 Å². The van der Waals surface area contributed by atoms with Crippen LogP contribution in [0.1, 0.15) is 5.56 Å². The van der Waals surface area contributed by atoms with Gasteiger partial charge in [-0.3, -0.25) is 4.98 Å². The fraction of sp³-hybridized carbons (Fsp3) is 0.0625. The fourth-order valence-corrected chi connectivity index (χ4v) is 2.58. The van der Waals surface area contributed by atoms with Crippen molar-refractivity contribution in [1.29, 1.82) is 0 Å². The molecule has 4 aromatic rings. The maximum atomic E-state index is 13.6. The zero-order valence-corrected chi connectivity index (χ0v) is 11.8. The summed E-state index contributed by atoms with van der Waals surface area (Å²) in [7, 11) is 0. The average molecular weight is 293 g/mol. The van der Waals surface area contributed by atoms with Crippen molar-refractivity contribution in [2.45, 2.75) is 6.92 Å². The quantitative estimate of drug-likeness (QED) is 0.548. The van der Waals surface area contributed by atoms with E-state index in [1.807, 2.05) is 19.2 Å². The van der Waals surface area contributed by atoms with Gasteiger partial charge in [-0.05, 0) is 30.2 Å². The maximum Gasteiger partial charge on any atom is 0.162 e. The molecule has 108 valence electrons. The van der Waals surface area contributed by atoms with Gasteiger partial charge in [-0.15, -0.1) is 0 Å². The molecule has 0 unspecified atom stereocenters. The van der Waals surface area contributed by atoms with Gasteiger partial charge in [0.05, 0.1) is 17.4 Å². The summed E-state index contributed by atoms with van der Waals surface area (Å²) in [5.41, 5.74) is 9.85. The largest absolute Gasteiger partial charge is 0.396 e. The van der Waals surface area contributed by atoms with E-state index in [2.05, 4.69) is 15.1 Å². The molecule has 0 fully saturated rings. The van der Waals surface area contributed by atoms with Crippen LogP contribution in [0, 0.1) is 12.7 Å². The lowest BCUT2D eigenvalue weighted by molar-refractivity contribution is 0.634. The van der Waals surface area contributed by atoms with E-state index >= 15 is 0 Å². The van der Waals surface area contributed by atoms with Gasteiger partial charge in [-0.25, -0.2) is 13.9 Å². The molecule has 0 aliphatic rings. The van der Waals surface area contributed by atoms with Gasteiger partial charge in [0.25, 0.3) is 0 Å². The summed E-state index contributed by atoms with van der Waals surface area (Å²) < 4.78 is 15.4. The number of halogens is 1. The van der Waals surface area contributed by atoms with Crippen LogP contribution in [0.4, 0.5) is 10.1 Å². The molecule has 0 spiro atoms. The van der Waals surface area contributed by atoms with Crippen LogP contribution in [0.3, 0.4) is 0 Å². The molecular weight excluding hydrogens is 281 g/mol. The minimum atomic E-state index is -0.467. The normalized spacial score (nSPS) is 11.4. The molecule has 3 aromatic heterocycles. The highest BCUT2D eigenvalue weighted by Crippen LogP contribution is 2.31. The van der Waals surface area contributed by atoms with Crippen LogP contribution < -0.4 is 5.73 Å². The lowest BCUT2D eigenvalue weighted by atomic mass is 10.0. The molecule has 4 rings (SSSR count). The molecule has 22 heavy (non-hydrogen) atoms. The summed E-state index contributed by atoms with van der Waals surface area (Å²) in [6.45, 7) is 1.96. The zero-order valence-electron chi connectivity index (χ0n) is 11.8. The van der Waals surface area contributed by atoms with Crippen LogP contribution in [-0.2, 0) is 0 Å². The number of hydrogen-bond acceptors (Lipinski definition) is 4. The monoisotopic (exact) mass is 293 g/mol. The Bertz CT molecular complexity index is 1020. The molecule has 5 nitrogen and oxygen atoms in total. The molecule has 0 aliphatic heterocycles. The number of fused-ring (bicyclic) bond motifs is 2. The number of nitrogens with two attached hydrogens (primary N) is 1. The second-order valence-corrected chi connectivity index (χ2v) is 5.21. The minimum Gasteiger partial charge on any atom is -0.396 e. The van der Waals surface area contributed by atoms with Gasteiger partial charge in [0.2, 0.25) is 0 Å². The van der Waals surface area contributed by atoms with E-state index < -0.39 is 5.82 Å². The Labute approximate surface area is 125 Å². The number of hydrogen-bond donors (Lipinski definition) is 1. The van der Waals surface area contributed by atoms with Crippen molar-refractivity contribution in [1.82, 2.24) is 19.6 Å². The van der Waals surface area contributed by atoms with E-state index in [0.29, 0.717) is 5.52 Å². The van der Waals surface area contributed by atoms with Crippen LogP contribution in [0.25, 0.3) is 27.7 Å². The highest BCUT2D eigenvalue weighted by atomic mass is 19.1. The summed E-state index contributed by atoms with van der Waals surface area (Å²) in [6, 6.07) is 4.81. The summed E-state index contributed by atoms with van der Waals surface area (Å²) in [5.74, 6) is -0.467. The van der Waals surface area contributed by atoms with Crippen LogP contribution in [-0.4, -0.2) is 19.6 Å². The molecule has 0 aliphatic carbocycles. The standard InChI is InChI=1S/C16H12FN5/c1-9-6-20-16-12(7-21-22(16)8-9)10-2-3-19-15-5-13(17)14(18)4-11(10)15/h2-8H,18H2,1H3. The molecule has 0 radical (unpaired) electrons. The number of aryl methyl sites for hydroxylation is 1. The number of anilines is 1. The van der Waals surface area contributed by atoms with Gasteiger partial charge in [-0.1, -0.05) is 0 Å². The minimum absolute atomic E-state index is 0.0991. The lowest BCUT2D eigenvalue weighted by Gasteiger charge is -2.06.